The van der Waals surface area contributed by atoms with Crippen molar-refractivity contribution in [3.63, 3.8) is 0 Å². The standard InChI is InChI=1S/C12H17N3O/c1-8(2)15-7-5-10(16)14-11-9(3)4-6-13-12(11)15/h4,6,8H,5,7H2,1-3H3,(H,14,16). The van der Waals surface area contributed by atoms with Crippen LogP contribution in [0.2, 0.25) is 0 Å². The number of nitrogens with zero attached hydrogens (tertiary/aromatic N) is 2. The van der Waals surface area contributed by atoms with Crippen molar-refractivity contribution in [3.05, 3.63) is 17.8 Å². The molecule has 0 aliphatic carbocycles. The van der Waals surface area contributed by atoms with Crippen molar-refractivity contribution in [1.82, 2.24) is 4.98 Å². The summed E-state index contributed by atoms with van der Waals surface area (Å²) in [5, 5.41) is 2.93. The summed E-state index contributed by atoms with van der Waals surface area (Å²) in [7, 11) is 0. The Labute approximate surface area is 95.7 Å². The Morgan fingerprint density at radius 3 is 2.94 bits per heavy atom. The van der Waals surface area contributed by atoms with Gasteiger partial charge in [-0.1, -0.05) is 0 Å². The average molecular weight is 219 g/mol. The van der Waals surface area contributed by atoms with Crippen molar-refractivity contribution < 1.29 is 4.79 Å². The predicted molar refractivity (Wildman–Crippen MR) is 64.7 cm³/mol. The van der Waals surface area contributed by atoms with Gasteiger partial charge in [0.2, 0.25) is 5.91 Å². The number of nitrogens with one attached hydrogen (secondary N) is 1. The van der Waals surface area contributed by atoms with Crippen molar-refractivity contribution >= 4 is 17.4 Å². The molecule has 0 spiro atoms. The lowest BCUT2D eigenvalue weighted by Gasteiger charge is -2.27. The third kappa shape index (κ3) is 1.87. The Bertz CT molecular complexity index is 415. The van der Waals surface area contributed by atoms with Crippen molar-refractivity contribution in [2.24, 2.45) is 0 Å². The molecule has 0 radical (unpaired) electrons. The SMILES string of the molecule is Cc1ccnc2c1NC(=O)CCN2C(C)C. The minimum Gasteiger partial charge on any atom is -0.352 e. The van der Waals surface area contributed by atoms with Crippen LogP contribution in [0.1, 0.15) is 25.8 Å². The first-order valence-electron chi connectivity index (χ1n) is 5.61. The molecule has 0 aromatic carbocycles. The number of anilines is 2. The molecule has 1 amide bonds. The zero-order valence-corrected chi connectivity index (χ0v) is 9.95. The van der Waals surface area contributed by atoms with Gasteiger partial charge in [0.25, 0.3) is 0 Å². The molecule has 4 nitrogen and oxygen atoms in total. The highest BCUT2D eigenvalue weighted by Crippen LogP contribution is 2.30. The summed E-state index contributed by atoms with van der Waals surface area (Å²) in [5.74, 6) is 0.960. The Kier molecular flexibility index (Phi) is 2.81. The molecule has 0 saturated heterocycles. The number of aryl methyl sites for hydroxylation is 1. The molecule has 2 rings (SSSR count). The van der Waals surface area contributed by atoms with E-state index in [1.165, 1.54) is 0 Å². The molecule has 16 heavy (non-hydrogen) atoms. The van der Waals surface area contributed by atoms with E-state index < -0.39 is 0 Å². The summed E-state index contributed by atoms with van der Waals surface area (Å²) < 4.78 is 0. The molecule has 0 atom stereocenters. The van der Waals surface area contributed by atoms with Gasteiger partial charge < -0.3 is 10.2 Å². The van der Waals surface area contributed by atoms with E-state index in [1.807, 2.05) is 13.0 Å². The maximum atomic E-state index is 11.6. The number of carbonyl (C=O) groups is 1. The van der Waals surface area contributed by atoms with Crippen LogP contribution in [0.3, 0.4) is 0 Å². The van der Waals surface area contributed by atoms with E-state index in [0.29, 0.717) is 12.5 Å². The maximum absolute atomic E-state index is 11.6. The Morgan fingerprint density at radius 2 is 2.25 bits per heavy atom. The first kappa shape index (κ1) is 10.9. The summed E-state index contributed by atoms with van der Waals surface area (Å²) in [6.45, 7) is 6.95. The first-order chi connectivity index (χ1) is 7.59. The second-order valence-corrected chi connectivity index (χ2v) is 4.41. The van der Waals surface area contributed by atoms with Gasteiger partial charge in [0.15, 0.2) is 5.82 Å². The molecule has 0 saturated carbocycles. The summed E-state index contributed by atoms with van der Waals surface area (Å²) in [5.41, 5.74) is 1.92. The second-order valence-electron chi connectivity index (χ2n) is 4.41. The Hall–Kier alpha value is -1.58. The first-order valence-corrected chi connectivity index (χ1v) is 5.61. The molecule has 0 bridgehead atoms. The molecular formula is C12H17N3O. The fraction of sp³-hybridized carbons (Fsp3) is 0.500. The minimum absolute atomic E-state index is 0.0699. The zero-order valence-electron chi connectivity index (χ0n) is 9.95. The zero-order chi connectivity index (χ0) is 11.7. The summed E-state index contributed by atoms with van der Waals surface area (Å²) in [4.78, 5) is 18.2. The third-order valence-corrected chi connectivity index (χ3v) is 2.88. The smallest absolute Gasteiger partial charge is 0.226 e. The molecule has 0 fully saturated rings. The van der Waals surface area contributed by atoms with Crippen LogP contribution >= 0.6 is 0 Å². The van der Waals surface area contributed by atoms with Crippen LogP contribution < -0.4 is 10.2 Å². The van der Waals surface area contributed by atoms with E-state index in [4.69, 9.17) is 0 Å². The molecule has 2 heterocycles. The van der Waals surface area contributed by atoms with E-state index in [0.717, 1.165) is 23.6 Å². The fourth-order valence-electron chi connectivity index (χ4n) is 1.95. The fourth-order valence-corrected chi connectivity index (χ4v) is 1.95. The largest absolute Gasteiger partial charge is 0.352 e. The van der Waals surface area contributed by atoms with Gasteiger partial charge in [0.1, 0.15) is 0 Å². The maximum Gasteiger partial charge on any atom is 0.226 e. The van der Waals surface area contributed by atoms with Crippen LogP contribution in [0.15, 0.2) is 12.3 Å². The lowest BCUT2D eigenvalue weighted by molar-refractivity contribution is -0.115. The van der Waals surface area contributed by atoms with Gasteiger partial charge in [-0.05, 0) is 32.4 Å². The third-order valence-electron chi connectivity index (χ3n) is 2.88. The molecule has 86 valence electrons. The van der Waals surface area contributed by atoms with Crippen LogP contribution in [-0.4, -0.2) is 23.5 Å². The van der Waals surface area contributed by atoms with Crippen LogP contribution in [0.25, 0.3) is 0 Å². The normalized spacial score (nSPS) is 15.8. The molecule has 1 N–H and O–H groups in total. The van der Waals surface area contributed by atoms with Gasteiger partial charge >= 0.3 is 0 Å². The van der Waals surface area contributed by atoms with Crippen LogP contribution in [0.5, 0.6) is 0 Å². The number of hydrogen-bond donors (Lipinski definition) is 1. The predicted octanol–water partition coefficient (Wildman–Crippen LogP) is 1.95. The minimum atomic E-state index is 0.0699. The van der Waals surface area contributed by atoms with Crippen molar-refractivity contribution in [1.29, 1.82) is 0 Å². The number of rotatable bonds is 1. The van der Waals surface area contributed by atoms with E-state index in [2.05, 4.69) is 29.0 Å². The highest BCUT2D eigenvalue weighted by atomic mass is 16.1. The number of fused-ring (bicyclic) bond motifs is 1. The second kappa shape index (κ2) is 4.12. The van der Waals surface area contributed by atoms with Gasteiger partial charge in [-0.25, -0.2) is 4.98 Å². The Balaban J connectivity index is 2.50. The molecule has 1 aromatic rings. The number of carbonyl (C=O) groups excluding carboxylic acids is 1. The monoisotopic (exact) mass is 219 g/mol. The van der Waals surface area contributed by atoms with Gasteiger partial charge in [0.05, 0.1) is 5.69 Å². The van der Waals surface area contributed by atoms with Crippen LogP contribution in [0, 0.1) is 6.92 Å². The summed E-state index contributed by atoms with van der Waals surface area (Å²) >= 11 is 0. The van der Waals surface area contributed by atoms with Crippen molar-refractivity contribution in [3.8, 4) is 0 Å². The molecule has 1 aromatic heterocycles. The topological polar surface area (TPSA) is 45.2 Å². The van der Waals surface area contributed by atoms with Gasteiger partial charge in [-0.3, -0.25) is 4.79 Å². The van der Waals surface area contributed by atoms with Crippen LogP contribution in [-0.2, 0) is 4.79 Å². The summed E-state index contributed by atoms with van der Waals surface area (Å²) in [6.07, 6.45) is 2.31. The molecule has 1 aliphatic rings. The molecule has 1 aliphatic heterocycles. The van der Waals surface area contributed by atoms with Gasteiger partial charge in [-0.2, -0.15) is 0 Å². The lowest BCUT2D eigenvalue weighted by Crippen LogP contribution is -2.32. The molecule has 4 heteroatoms. The average Bonchev–Trinajstić information content (AvgIpc) is 2.38. The number of pyridine rings is 1. The van der Waals surface area contributed by atoms with E-state index in [-0.39, 0.29) is 5.91 Å². The summed E-state index contributed by atoms with van der Waals surface area (Å²) in [6, 6.07) is 2.27. The van der Waals surface area contributed by atoms with Gasteiger partial charge in [0, 0.05) is 25.2 Å². The number of aromatic nitrogens is 1. The molecular weight excluding hydrogens is 202 g/mol. The van der Waals surface area contributed by atoms with Gasteiger partial charge in [-0.15, -0.1) is 0 Å². The van der Waals surface area contributed by atoms with Crippen molar-refractivity contribution in [2.45, 2.75) is 33.2 Å². The van der Waals surface area contributed by atoms with E-state index in [1.54, 1.807) is 6.20 Å². The quantitative estimate of drug-likeness (QED) is 0.785. The highest BCUT2D eigenvalue weighted by Gasteiger charge is 2.23. The van der Waals surface area contributed by atoms with E-state index >= 15 is 0 Å². The van der Waals surface area contributed by atoms with E-state index in [9.17, 15) is 4.79 Å². The molecule has 0 unspecified atom stereocenters. The van der Waals surface area contributed by atoms with Crippen LogP contribution in [0.4, 0.5) is 11.5 Å². The number of amides is 1. The Morgan fingerprint density at radius 1 is 1.50 bits per heavy atom. The highest BCUT2D eigenvalue weighted by molar-refractivity contribution is 5.96. The number of hydrogen-bond acceptors (Lipinski definition) is 3. The lowest BCUT2D eigenvalue weighted by atomic mass is 10.2. The van der Waals surface area contributed by atoms with Crippen molar-refractivity contribution in [2.75, 3.05) is 16.8 Å².